The lowest BCUT2D eigenvalue weighted by Gasteiger charge is -2.36. The van der Waals surface area contributed by atoms with Crippen molar-refractivity contribution in [2.24, 2.45) is 11.8 Å². The molecule has 0 saturated carbocycles. The topological polar surface area (TPSA) is 49.8 Å². The van der Waals surface area contributed by atoms with Crippen LogP contribution in [0, 0.1) is 11.8 Å². The van der Waals surface area contributed by atoms with E-state index in [0.29, 0.717) is 11.8 Å². The zero-order chi connectivity index (χ0) is 10.1. The second-order valence-corrected chi connectivity index (χ2v) is 4.36. The van der Waals surface area contributed by atoms with Gasteiger partial charge in [0.15, 0.2) is 0 Å². The van der Waals surface area contributed by atoms with E-state index in [0.717, 1.165) is 32.7 Å². The summed E-state index contributed by atoms with van der Waals surface area (Å²) in [6.45, 7) is 5.24. The van der Waals surface area contributed by atoms with Crippen molar-refractivity contribution in [1.82, 2.24) is 4.90 Å². The third kappa shape index (κ3) is 1.77. The fourth-order valence-electron chi connectivity index (χ4n) is 2.40. The number of rotatable bonds is 2. The molecule has 0 unspecified atom stereocenters. The minimum absolute atomic E-state index is 0.350. The minimum atomic E-state index is -0.720. The van der Waals surface area contributed by atoms with Crippen LogP contribution in [0.5, 0.6) is 0 Å². The van der Waals surface area contributed by atoms with E-state index < -0.39 is 5.97 Å². The van der Waals surface area contributed by atoms with E-state index in [1.807, 2.05) is 0 Å². The molecule has 0 aromatic carbocycles. The Morgan fingerprint density at radius 1 is 1.50 bits per heavy atom. The van der Waals surface area contributed by atoms with E-state index >= 15 is 0 Å². The van der Waals surface area contributed by atoms with Crippen LogP contribution in [0.25, 0.3) is 0 Å². The van der Waals surface area contributed by atoms with Crippen molar-refractivity contribution in [2.45, 2.75) is 19.4 Å². The lowest BCUT2D eigenvalue weighted by Crippen LogP contribution is -2.47. The van der Waals surface area contributed by atoms with Crippen LogP contribution in [0.15, 0.2) is 0 Å². The summed E-state index contributed by atoms with van der Waals surface area (Å²) in [5.41, 5.74) is 0. The molecule has 0 aromatic rings. The first-order valence-corrected chi connectivity index (χ1v) is 5.23. The molecule has 0 radical (unpaired) electrons. The molecule has 0 aromatic heterocycles. The Kier molecular flexibility index (Phi) is 2.74. The fourth-order valence-corrected chi connectivity index (χ4v) is 2.40. The van der Waals surface area contributed by atoms with Crippen molar-refractivity contribution in [3.05, 3.63) is 0 Å². The van der Waals surface area contributed by atoms with Crippen LogP contribution >= 0.6 is 0 Å². The van der Waals surface area contributed by atoms with Crippen molar-refractivity contribution in [1.29, 1.82) is 0 Å². The maximum absolute atomic E-state index is 10.8. The lowest BCUT2D eigenvalue weighted by molar-refractivity contribution is -0.143. The molecule has 4 heteroatoms. The monoisotopic (exact) mass is 199 g/mol. The smallest absolute Gasteiger partial charge is 0.320 e. The molecule has 2 fully saturated rings. The van der Waals surface area contributed by atoms with Gasteiger partial charge in [0.25, 0.3) is 0 Å². The Morgan fingerprint density at radius 3 is 2.93 bits per heavy atom. The molecule has 1 N–H and O–H groups in total. The van der Waals surface area contributed by atoms with Crippen molar-refractivity contribution in [3.63, 3.8) is 0 Å². The second kappa shape index (κ2) is 3.87. The van der Waals surface area contributed by atoms with Crippen LogP contribution in [-0.4, -0.2) is 48.3 Å². The maximum Gasteiger partial charge on any atom is 0.320 e. The van der Waals surface area contributed by atoms with Gasteiger partial charge in [-0.3, -0.25) is 9.69 Å². The van der Waals surface area contributed by atoms with Gasteiger partial charge in [0.1, 0.15) is 6.04 Å². The van der Waals surface area contributed by atoms with Gasteiger partial charge in [-0.05, 0) is 25.8 Å². The molecule has 2 aliphatic heterocycles. The first kappa shape index (κ1) is 9.93. The molecular formula is C10H17NO3. The summed E-state index contributed by atoms with van der Waals surface area (Å²) in [5.74, 6) is 0.514. The van der Waals surface area contributed by atoms with Crippen molar-refractivity contribution in [3.8, 4) is 0 Å². The highest BCUT2D eigenvalue weighted by Crippen LogP contribution is 2.29. The quantitative estimate of drug-likeness (QED) is 0.700. The van der Waals surface area contributed by atoms with Crippen LogP contribution in [0.1, 0.15) is 13.3 Å². The van der Waals surface area contributed by atoms with Gasteiger partial charge in [0.2, 0.25) is 0 Å². The largest absolute Gasteiger partial charge is 0.480 e. The summed E-state index contributed by atoms with van der Waals surface area (Å²) >= 11 is 0. The third-order valence-corrected chi connectivity index (χ3v) is 3.49. The third-order valence-electron chi connectivity index (χ3n) is 3.49. The molecule has 14 heavy (non-hydrogen) atoms. The molecule has 80 valence electrons. The Balaban J connectivity index is 1.94. The Labute approximate surface area is 83.8 Å². The van der Waals surface area contributed by atoms with Crippen LogP contribution in [0.2, 0.25) is 0 Å². The zero-order valence-electron chi connectivity index (χ0n) is 8.48. The molecule has 3 atom stereocenters. The predicted octanol–water partition coefficient (Wildman–Crippen LogP) is 0.428. The van der Waals surface area contributed by atoms with E-state index in [9.17, 15) is 4.79 Å². The highest BCUT2D eigenvalue weighted by molar-refractivity contribution is 5.72. The number of fused-ring (bicyclic) bond motifs is 1. The van der Waals surface area contributed by atoms with Crippen molar-refractivity contribution < 1.29 is 14.6 Å². The lowest BCUT2D eigenvalue weighted by atomic mass is 9.88. The molecule has 4 nitrogen and oxygen atoms in total. The van der Waals surface area contributed by atoms with Gasteiger partial charge in [-0.25, -0.2) is 0 Å². The molecular weight excluding hydrogens is 182 g/mol. The number of nitrogens with zero attached hydrogens (tertiary/aromatic N) is 1. The summed E-state index contributed by atoms with van der Waals surface area (Å²) in [6.07, 6.45) is 1.09. The summed E-state index contributed by atoms with van der Waals surface area (Å²) < 4.78 is 5.41. The SMILES string of the molecule is C[C@H](C(=O)O)N1CC[C@H]2COC[C@H]2C1. The van der Waals surface area contributed by atoms with Gasteiger partial charge in [0, 0.05) is 19.1 Å². The number of carboxylic acid groups (broad SMARTS) is 1. The molecule has 0 spiro atoms. The normalized spacial score (nSPS) is 35.2. The van der Waals surface area contributed by atoms with Gasteiger partial charge in [0.05, 0.1) is 6.61 Å². The van der Waals surface area contributed by atoms with Gasteiger partial charge in [-0.1, -0.05) is 0 Å². The zero-order valence-corrected chi connectivity index (χ0v) is 8.48. The van der Waals surface area contributed by atoms with E-state index in [1.54, 1.807) is 6.92 Å². The number of ether oxygens (including phenoxy) is 1. The first-order valence-electron chi connectivity index (χ1n) is 5.23. The molecule has 0 aliphatic carbocycles. The van der Waals surface area contributed by atoms with Crippen LogP contribution in [-0.2, 0) is 9.53 Å². The number of likely N-dealkylation sites (tertiary alicyclic amines) is 1. The highest BCUT2D eigenvalue weighted by Gasteiger charge is 2.36. The van der Waals surface area contributed by atoms with Crippen LogP contribution in [0.4, 0.5) is 0 Å². The number of hydrogen-bond donors (Lipinski definition) is 1. The molecule has 2 aliphatic rings. The van der Waals surface area contributed by atoms with Crippen LogP contribution in [0.3, 0.4) is 0 Å². The van der Waals surface area contributed by atoms with Gasteiger partial charge < -0.3 is 9.84 Å². The molecule has 2 saturated heterocycles. The maximum atomic E-state index is 10.8. The van der Waals surface area contributed by atoms with Gasteiger partial charge in [-0.2, -0.15) is 0 Å². The predicted molar refractivity (Wildman–Crippen MR) is 51.1 cm³/mol. The highest BCUT2D eigenvalue weighted by atomic mass is 16.5. The second-order valence-electron chi connectivity index (χ2n) is 4.36. The Bertz CT molecular complexity index is 231. The number of piperidine rings is 1. The summed E-state index contributed by atoms with van der Waals surface area (Å²) in [6, 6.07) is -0.350. The van der Waals surface area contributed by atoms with E-state index in [-0.39, 0.29) is 6.04 Å². The van der Waals surface area contributed by atoms with Crippen molar-refractivity contribution >= 4 is 5.97 Å². The average molecular weight is 199 g/mol. The van der Waals surface area contributed by atoms with E-state index in [1.165, 1.54) is 0 Å². The van der Waals surface area contributed by atoms with Gasteiger partial charge in [-0.15, -0.1) is 0 Å². The standard InChI is InChI=1S/C10H17NO3/c1-7(10(12)13)11-3-2-8-5-14-6-9(8)4-11/h7-9H,2-6H2,1H3,(H,12,13)/t7-,8+,9-/m1/s1. The summed E-state index contributed by atoms with van der Waals surface area (Å²) in [5, 5.41) is 8.90. The van der Waals surface area contributed by atoms with E-state index in [4.69, 9.17) is 9.84 Å². The number of carboxylic acids is 1. The number of aliphatic carboxylic acids is 1. The fraction of sp³-hybridized carbons (Fsp3) is 0.900. The number of hydrogen-bond acceptors (Lipinski definition) is 3. The molecule has 2 rings (SSSR count). The summed E-state index contributed by atoms with van der Waals surface area (Å²) in [4.78, 5) is 12.9. The average Bonchev–Trinajstić information content (AvgIpc) is 2.62. The molecule has 0 bridgehead atoms. The number of carbonyl (C=O) groups is 1. The summed E-state index contributed by atoms with van der Waals surface area (Å²) in [7, 11) is 0. The first-order chi connectivity index (χ1) is 6.68. The minimum Gasteiger partial charge on any atom is -0.480 e. The Hall–Kier alpha value is -0.610. The molecule has 0 amide bonds. The molecule has 2 heterocycles. The van der Waals surface area contributed by atoms with Crippen LogP contribution < -0.4 is 0 Å². The van der Waals surface area contributed by atoms with Gasteiger partial charge >= 0.3 is 5.97 Å². The Morgan fingerprint density at radius 2 is 2.21 bits per heavy atom. The van der Waals surface area contributed by atoms with E-state index in [2.05, 4.69) is 4.90 Å². The van der Waals surface area contributed by atoms with Crippen molar-refractivity contribution in [2.75, 3.05) is 26.3 Å².